The Bertz CT molecular complexity index is 260. The second-order valence-electron chi connectivity index (χ2n) is 3.39. The van der Waals surface area contributed by atoms with Crippen LogP contribution >= 0.6 is 22.6 Å². The van der Waals surface area contributed by atoms with Gasteiger partial charge in [-0.15, -0.1) is 0 Å². The van der Waals surface area contributed by atoms with Gasteiger partial charge in [0.25, 0.3) is 0 Å². The zero-order valence-electron chi connectivity index (χ0n) is 8.83. The van der Waals surface area contributed by atoms with Gasteiger partial charge in [0.05, 0.1) is 15.8 Å². The van der Waals surface area contributed by atoms with E-state index < -0.39 is 0 Å². The van der Waals surface area contributed by atoms with E-state index in [4.69, 9.17) is 0 Å². The molecule has 0 aliphatic heterocycles. The third-order valence-corrected chi connectivity index (χ3v) is 2.75. The standard InChI is InChI=1S/C10H18IN3/c1-3-5-10(7-12-4-2)14-8-9(11)6-13-14/h6,8,10,12H,3-5,7H2,1-2H3. The molecule has 0 fully saturated rings. The van der Waals surface area contributed by atoms with Crippen LogP contribution in [-0.2, 0) is 0 Å². The third-order valence-electron chi connectivity index (χ3n) is 2.20. The van der Waals surface area contributed by atoms with E-state index in [9.17, 15) is 0 Å². The maximum absolute atomic E-state index is 4.36. The molecule has 0 saturated heterocycles. The fraction of sp³-hybridized carbons (Fsp3) is 0.700. The van der Waals surface area contributed by atoms with Gasteiger partial charge in [-0.3, -0.25) is 4.68 Å². The van der Waals surface area contributed by atoms with Crippen molar-refractivity contribution in [2.75, 3.05) is 13.1 Å². The van der Waals surface area contributed by atoms with Crippen LogP contribution in [0.15, 0.2) is 12.4 Å². The summed E-state index contributed by atoms with van der Waals surface area (Å²) in [4.78, 5) is 0. The molecule has 0 spiro atoms. The molecule has 0 aliphatic rings. The van der Waals surface area contributed by atoms with Crippen LogP contribution in [-0.4, -0.2) is 22.9 Å². The average Bonchev–Trinajstić information content (AvgIpc) is 2.59. The first kappa shape index (κ1) is 12.0. The normalized spacial score (nSPS) is 13.1. The van der Waals surface area contributed by atoms with Crippen LogP contribution in [0.25, 0.3) is 0 Å². The van der Waals surface area contributed by atoms with E-state index in [1.165, 1.54) is 16.4 Å². The van der Waals surface area contributed by atoms with Crippen molar-refractivity contribution in [2.24, 2.45) is 0 Å². The van der Waals surface area contributed by atoms with Crippen molar-refractivity contribution in [3.05, 3.63) is 16.0 Å². The Labute approximate surface area is 99.4 Å². The lowest BCUT2D eigenvalue weighted by atomic mass is 10.2. The fourth-order valence-electron chi connectivity index (χ4n) is 1.49. The van der Waals surface area contributed by atoms with E-state index in [0.29, 0.717) is 6.04 Å². The first-order valence-corrected chi connectivity index (χ1v) is 6.26. The predicted octanol–water partition coefficient (Wildman–Crippen LogP) is 2.44. The molecule has 0 bridgehead atoms. The first-order chi connectivity index (χ1) is 6.77. The molecule has 1 rings (SSSR count). The maximum atomic E-state index is 4.36. The van der Waals surface area contributed by atoms with Crippen LogP contribution in [0.4, 0.5) is 0 Å². The Kier molecular flexibility index (Phi) is 5.47. The molecule has 0 amide bonds. The van der Waals surface area contributed by atoms with E-state index >= 15 is 0 Å². The summed E-state index contributed by atoms with van der Waals surface area (Å²) in [5.41, 5.74) is 0. The molecule has 14 heavy (non-hydrogen) atoms. The molecule has 1 atom stereocenters. The molecule has 0 aromatic carbocycles. The highest BCUT2D eigenvalue weighted by atomic mass is 127. The summed E-state index contributed by atoms with van der Waals surface area (Å²) in [6.45, 7) is 6.39. The number of likely N-dealkylation sites (N-methyl/N-ethyl adjacent to an activating group) is 1. The number of halogens is 1. The number of hydrogen-bond acceptors (Lipinski definition) is 2. The van der Waals surface area contributed by atoms with Gasteiger partial charge in [-0.2, -0.15) is 5.10 Å². The van der Waals surface area contributed by atoms with E-state index in [2.05, 4.69) is 57.7 Å². The summed E-state index contributed by atoms with van der Waals surface area (Å²) >= 11 is 2.30. The van der Waals surface area contributed by atoms with Gasteiger partial charge < -0.3 is 5.32 Å². The Balaban J connectivity index is 2.57. The SMILES string of the molecule is CCCC(CNCC)n1cc(I)cn1. The molecule has 0 aliphatic carbocycles. The van der Waals surface area contributed by atoms with Crippen LogP contribution < -0.4 is 5.32 Å². The molecular weight excluding hydrogens is 289 g/mol. The summed E-state index contributed by atoms with van der Waals surface area (Å²) in [6, 6.07) is 0.503. The predicted molar refractivity (Wildman–Crippen MR) is 67.4 cm³/mol. The molecule has 1 N–H and O–H groups in total. The highest BCUT2D eigenvalue weighted by Crippen LogP contribution is 2.13. The Morgan fingerprint density at radius 2 is 2.36 bits per heavy atom. The van der Waals surface area contributed by atoms with Crippen molar-refractivity contribution >= 4 is 22.6 Å². The molecule has 80 valence electrons. The highest BCUT2D eigenvalue weighted by molar-refractivity contribution is 14.1. The van der Waals surface area contributed by atoms with Gasteiger partial charge >= 0.3 is 0 Å². The molecule has 1 aromatic heterocycles. The summed E-state index contributed by atoms with van der Waals surface area (Å²) in [5.74, 6) is 0. The number of rotatable bonds is 6. The summed E-state index contributed by atoms with van der Waals surface area (Å²) in [6.07, 6.45) is 6.41. The largest absolute Gasteiger partial charge is 0.315 e. The van der Waals surface area contributed by atoms with E-state index in [0.717, 1.165) is 13.1 Å². The highest BCUT2D eigenvalue weighted by Gasteiger charge is 2.09. The minimum atomic E-state index is 0.503. The Morgan fingerprint density at radius 3 is 2.86 bits per heavy atom. The minimum absolute atomic E-state index is 0.503. The number of nitrogens with one attached hydrogen (secondary N) is 1. The van der Waals surface area contributed by atoms with Crippen molar-refractivity contribution in [2.45, 2.75) is 32.7 Å². The maximum Gasteiger partial charge on any atom is 0.0643 e. The molecule has 1 aromatic rings. The third kappa shape index (κ3) is 3.57. The molecule has 0 saturated carbocycles. The first-order valence-electron chi connectivity index (χ1n) is 5.18. The quantitative estimate of drug-likeness (QED) is 0.818. The molecule has 3 nitrogen and oxygen atoms in total. The summed E-state index contributed by atoms with van der Waals surface area (Å²) < 4.78 is 3.29. The Morgan fingerprint density at radius 1 is 1.57 bits per heavy atom. The Hall–Kier alpha value is -0.100. The second kappa shape index (κ2) is 6.40. The monoisotopic (exact) mass is 307 g/mol. The fourth-order valence-corrected chi connectivity index (χ4v) is 1.90. The van der Waals surface area contributed by atoms with Crippen molar-refractivity contribution in [1.29, 1.82) is 0 Å². The second-order valence-corrected chi connectivity index (χ2v) is 4.63. The lowest BCUT2D eigenvalue weighted by Crippen LogP contribution is -2.25. The molecular formula is C10H18IN3. The van der Waals surface area contributed by atoms with Gasteiger partial charge in [-0.05, 0) is 35.6 Å². The minimum Gasteiger partial charge on any atom is -0.315 e. The summed E-state index contributed by atoms with van der Waals surface area (Å²) in [5, 5.41) is 7.73. The van der Waals surface area contributed by atoms with Gasteiger partial charge in [-0.1, -0.05) is 20.3 Å². The molecule has 1 unspecified atom stereocenters. The van der Waals surface area contributed by atoms with Gasteiger partial charge in [0.1, 0.15) is 0 Å². The van der Waals surface area contributed by atoms with E-state index in [1.54, 1.807) is 0 Å². The van der Waals surface area contributed by atoms with E-state index in [-0.39, 0.29) is 0 Å². The number of nitrogens with zero attached hydrogens (tertiary/aromatic N) is 2. The molecule has 4 heteroatoms. The number of aromatic nitrogens is 2. The van der Waals surface area contributed by atoms with E-state index in [1.807, 2.05) is 6.20 Å². The average molecular weight is 307 g/mol. The van der Waals surface area contributed by atoms with Crippen molar-refractivity contribution in [1.82, 2.24) is 15.1 Å². The topological polar surface area (TPSA) is 29.9 Å². The van der Waals surface area contributed by atoms with Gasteiger partial charge in [-0.25, -0.2) is 0 Å². The van der Waals surface area contributed by atoms with Crippen molar-refractivity contribution in [3.8, 4) is 0 Å². The lowest BCUT2D eigenvalue weighted by molar-refractivity contribution is 0.399. The van der Waals surface area contributed by atoms with Crippen LogP contribution in [0.5, 0.6) is 0 Å². The van der Waals surface area contributed by atoms with Gasteiger partial charge in [0.15, 0.2) is 0 Å². The zero-order valence-corrected chi connectivity index (χ0v) is 11.0. The molecule has 0 radical (unpaired) electrons. The van der Waals surface area contributed by atoms with Crippen molar-refractivity contribution in [3.63, 3.8) is 0 Å². The van der Waals surface area contributed by atoms with Crippen molar-refractivity contribution < 1.29 is 0 Å². The van der Waals surface area contributed by atoms with Crippen LogP contribution in [0.2, 0.25) is 0 Å². The van der Waals surface area contributed by atoms with Crippen LogP contribution in [0, 0.1) is 3.57 Å². The number of hydrogen-bond donors (Lipinski definition) is 1. The van der Waals surface area contributed by atoms with Crippen LogP contribution in [0.1, 0.15) is 32.7 Å². The lowest BCUT2D eigenvalue weighted by Gasteiger charge is -2.16. The van der Waals surface area contributed by atoms with Gasteiger partial charge in [0.2, 0.25) is 0 Å². The van der Waals surface area contributed by atoms with Gasteiger partial charge in [0, 0.05) is 12.7 Å². The zero-order chi connectivity index (χ0) is 10.4. The van der Waals surface area contributed by atoms with Crippen LogP contribution in [0.3, 0.4) is 0 Å². The summed E-state index contributed by atoms with van der Waals surface area (Å²) in [7, 11) is 0. The smallest absolute Gasteiger partial charge is 0.0643 e. The molecule has 1 heterocycles.